The Hall–Kier alpha value is -1.89. The van der Waals surface area contributed by atoms with Gasteiger partial charge in [0.25, 0.3) is 0 Å². The van der Waals surface area contributed by atoms with Crippen molar-refractivity contribution < 1.29 is 18.7 Å². The monoisotopic (exact) mass is 386 g/mol. The van der Waals surface area contributed by atoms with Crippen LogP contribution >= 0.6 is 23.2 Å². The van der Waals surface area contributed by atoms with Crippen LogP contribution in [0.1, 0.15) is 17.2 Å². The first kappa shape index (κ1) is 17.9. The third-order valence-corrected chi connectivity index (χ3v) is 4.78. The standard InChI is InChI=1S/C17H14Cl2F2N2O2/c1-23(17(25)22-13-4-2-3-12(20)15(13)21)16-10-5-8(18)6-11(19)9(10)7-14(16)24/h2-6,14,16,24H,7H2,1H3,(H,22,25)/t14-,16+/m0/s1. The van der Waals surface area contributed by atoms with Crippen LogP contribution in [0.5, 0.6) is 0 Å². The van der Waals surface area contributed by atoms with E-state index in [0.717, 1.165) is 6.07 Å². The summed E-state index contributed by atoms with van der Waals surface area (Å²) in [6.07, 6.45) is -0.624. The summed E-state index contributed by atoms with van der Waals surface area (Å²) in [4.78, 5) is 13.7. The van der Waals surface area contributed by atoms with E-state index in [-0.39, 0.29) is 12.1 Å². The molecule has 0 spiro atoms. The van der Waals surface area contributed by atoms with Gasteiger partial charge in [-0.05, 0) is 35.4 Å². The Morgan fingerprint density at radius 1 is 1.32 bits per heavy atom. The molecule has 2 aromatic rings. The van der Waals surface area contributed by atoms with Gasteiger partial charge in [0, 0.05) is 23.5 Å². The van der Waals surface area contributed by atoms with Gasteiger partial charge in [-0.1, -0.05) is 29.3 Å². The molecule has 0 bridgehead atoms. The lowest BCUT2D eigenvalue weighted by Gasteiger charge is -2.28. The third-order valence-electron chi connectivity index (χ3n) is 4.22. The highest BCUT2D eigenvalue weighted by molar-refractivity contribution is 6.35. The molecule has 25 heavy (non-hydrogen) atoms. The zero-order chi connectivity index (χ0) is 18.3. The van der Waals surface area contributed by atoms with Crippen molar-refractivity contribution >= 4 is 34.9 Å². The molecule has 0 unspecified atom stereocenters. The predicted molar refractivity (Wildman–Crippen MR) is 92.1 cm³/mol. The lowest BCUT2D eigenvalue weighted by atomic mass is 10.1. The minimum Gasteiger partial charge on any atom is -0.390 e. The van der Waals surface area contributed by atoms with Crippen molar-refractivity contribution in [2.45, 2.75) is 18.6 Å². The Balaban J connectivity index is 1.87. The van der Waals surface area contributed by atoms with Crippen LogP contribution < -0.4 is 5.32 Å². The first-order valence-electron chi connectivity index (χ1n) is 7.43. The van der Waals surface area contributed by atoms with Gasteiger partial charge >= 0.3 is 6.03 Å². The highest BCUT2D eigenvalue weighted by Crippen LogP contribution is 2.41. The largest absolute Gasteiger partial charge is 0.390 e. The maximum Gasteiger partial charge on any atom is 0.322 e. The molecule has 0 fully saturated rings. The molecule has 2 N–H and O–H groups in total. The lowest BCUT2D eigenvalue weighted by Crippen LogP contribution is -2.38. The Bertz CT molecular complexity index is 848. The summed E-state index contributed by atoms with van der Waals surface area (Å²) >= 11 is 12.2. The van der Waals surface area contributed by atoms with E-state index in [1.807, 2.05) is 0 Å². The van der Waals surface area contributed by atoms with Gasteiger partial charge in [-0.3, -0.25) is 0 Å². The van der Waals surface area contributed by atoms with Crippen molar-refractivity contribution in [2.24, 2.45) is 0 Å². The number of benzene rings is 2. The quantitative estimate of drug-likeness (QED) is 0.803. The van der Waals surface area contributed by atoms with E-state index in [9.17, 15) is 18.7 Å². The fourth-order valence-corrected chi connectivity index (χ4v) is 3.61. The average Bonchev–Trinajstić information content (AvgIpc) is 2.87. The Labute approximate surface area is 153 Å². The number of anilines is 1. The van der Waals surface area contributed by atoms with Crippen molar-refractivity contribution in [1.29, 1.82) is 0 Å². The molecule has 4 nitrogen and oxygen atoms in total. The molecular formula is C17H14Cl2F2N2O2. The van der Waals surface area contributed by atoms with Crippen molar-refractivity contribution in [3.8, 4) is 0 Å². The summed E-state index contributed by atoms with van der Waals surface area (Å²) in [5, 5.41) is 13.4. The highest BCUT2D eigenvalue weighted by atomic mass is 35.5. The van der Waals surface area contributed by atoms with E-state index in [1.54, 1.807) is 12.1 Å². The zero-order valence-electron chi connectivity index (χ0n) is 13.1. The van der Waals surface area contributed by atoms with Gasteiger partial charge < -0.3 is 15.3 Å². The van der Waals surface area contributed by atoms with Crippen molar-refractivity contribution in [3.63, 3.8) is 0 Å². The molecule has 8 heteroatoms. The van der Waals surface area contributed by atoms with E-state index in [0.29, 0.717) is 21.2 Å². The van der Waals surface area contributed by atoms with Crippen LogP contribution in [0.3, 0.4) is 0 Å². The maximum absolute atomic E-state index is 13.7. The lowest BCUT2D eigenvalue weighted by molar-refractivity contribution is 0.0934. The van der Waals surface area contributed by atoms with Crippen LogP contribution in [-0.4, -0.2) is 29.2 Å². The molecular weight excluding hydrogens is 373 g/mol. The summed E-state index contributed by atoms with van der Waals surface area (Å²) < 4.78 is 27.0. The molecule has 1 aliphatic carbocycles. The number of hydrogen-bond donors (Lipinski definition) is 2. The number of aliphatic hydroxyl groups excluding tert-OH is 1. The van der Waals surface area contributed by atoms with Gasteiger partial charge in [0.15, 0.2) is 11.6 Å². The molecule has 0 aliphatic heterocycles. The van der Waals surface area contributed by atoms with Gasteiger partial charge in [-0.2, -0.15) is 0 Å². The first-order valence-corrected chi connectivity index (χ1v) is 8.19. The second-order valence-electron chi connectivity index (χ2n) is 5.81. The number of urea groups is 1. The molecule has 0 radical (unpaired) electrons. The summed E-state index contributed by atoms with van der Waals surface area (Å²) in [5.74, 6) is -2.21. The molecule has 2 atom stereocenters. The Kier molecular flexibility index (Phi) is 4.86. The minimum atomic E-state index is -1.15. The normalized spacial score (nSPS) is 18.8. The molecule has 2 amide bonds. The number of halogens is 4. The second kappa shape index (κ2) is 6.78. The van der Waals surface area contributed by atoms with E-state index in [1.165, 1.54) is 24.1 Å². The summed E-state index contributed by atoms with van der Waals surface area (Å²) in [5.41, 5.74) is 1.05. The van der Waals surface area contributed by atoms with Crippen LogP contribution in [0.4, 0.5) is 19.3 Å². The maximum atomic E-state index is 13.7. The number of rotatable bonds is 2. The van der Waals surface area contributed by atoms with Gasteiger partial charge in [0.05, 0.1) is 17.8 Å². The van der Waals surface area contributed by atoms with Gasteiger partial charge in [0.2, 0.25) is 0 Å². The smallest absolute Gasteiger partial charge is 0.322 e. The summed E-state index contributed by atoms with van der Waals surface area (Å²) in [7, 11) is 1.45. The van der Waals surface area contributed by atoms with Gasteiger partial charge in [-0.25, -0.2) is 13.6 Å². The number of likely N-dealkylation sites (N-methyl/N-ethyl adjacent to an activating group) is 1. The van der Waals surface area contributed by atoms with Crippen LogP contribution in [-0.2, 0) is 6.42 Å². The van der Waals surface area contributed by atoms with Gasteiger partial charge in [0.1, 0.15) is 0 Å². The predicted octanol–water partition coefficient (Wildman–Crippen LogP) is 4.39. The van der Waals surface area contributed by atoms with Crippen molar-refractivity contribution in [2.75, 3.05) is 12.4 Å². The number of nitrogens with one attached hydrogen (secondary N) is 1. The number of nitrogens with zero attached hydrogens (tertiary/aromatic N) is 1. The van der Waals surface area contributed by atoms with Crippen molar-refractivity contribution in [3.05, 3.63) is 63.1 Å². The summed E-state index contributed by atoms with van der Waals surface area (Å²) in [6, 6.07) is 5.29. The van der Waals surface area contributed by atoms with Gasteiger partial charge in [-0.15, -0.1) is 0 Å². The number of fused-ring (bicyclic) bond motifs is 1. The topological polar surface area (TPSA) is 52.6 Å². The molecule has 0 saturated heterocycles. The number of aliphatic hydroxyl groups is 1. The number of amides is 2. The first-order chi connectivity index (χ1) is 11.8. The fourth-order valence-electron chi connectivity index (χ4n) is 3.03. The molecule has 3 rings (SSSR count). The SMILES string of the molecule is CN(C(=O)Nc1cccc(F)c1F)[C@@H]1c2cc(Cl)cc(Cl)c2C[C@@H]1O. The zero-order valence-corrected chi connectivity index (χ0v) is 14.6. The van der Waals surface area contributed by atoms with E-state index in [4.69, 9.17) is 23.2 Å². The fraction of sp³-hybridized carbons (Fsp3) is 0.235. The average molecular weight is 387 g/mol. The Morgan fingerprint density at radius 3 is 2.76 bits per heavy atom. The third kappa shape index (κ3) is 3.29. The van der Waals surface area contributed by atoms with Crippen LogP contribution in [0.25, 0.3) is 0 Å². The van der Waals surface area contributed by atoms with E-state index in [2.05, 4.69) is 5.32 Å². The van der Waals surface area contributed by atoms with Crippen molar-refractivity contribution in [1.82, 2.24) is 4.90 Å². The van der Waals surface area contributed by atoms with E-state index >= 15 is 0 Å². The van der Waals surface area contributed by atoms with E-state index < -0.39 is 29.8 Å². The Morgan fingerprint density at radius 2 is 2.04 bits per heavy atom. The molecule has 132 valence electrons. The molecule has 0 heterocycles. The number of hydrogen-bond acceptors (Lipinski definition) is 2. The number of carbonyl (C=O) groups is 1. The molecule has 2 aromatic carbocycles. The second-order valence-corrected chi connectivity index (χ2v) is 6.66. The highest BCUT2D eigenvalue weighted by Gasteiger charge is 2.37. The minimum absolute atomic E-state index is 0.266. The van der Waals surface area contributed by atoms with Crippen LogP contribution in [0, 0.1) is 11.6 Å². The van der Waals surface area contributed by atoms with Crippen LogP contribution in [0.2, 0.25) is 10.0 Å². The summed E-state index contributed by atoms with van der Waals surface area (Å²) in [6.45, 7) is 0. The molecule has 0 saturated carbocycles. The number of carbonyl (C=O) groups excluding carboxylic acids is 1. The van der Waals surface area contributed by atoms with Crippen LogP contribution in [0.15, 0.2) is 30.3 Å². The molecule has 0 aromatic heterocycles. The molecule has 1 aliphatic rings.